The molecule has 26 heavy (non-hydrogen) atoms. The van der Waals surface area contributed by atoms with Gasteiger partial charge in [0.15, 0.2) is 0 Å². The number of rotatable bonds is 6. The summed E-state index contributed by atoms with van der Waals surface area (Å²) in [4.78, 5) is 27.7. The van der Waals surface area contributed by atoms with Crippen LogP contribution in [-0.4, -0.2) is 87.6 Å². The number of ether oxygens (including phenoxy) is 2. The number of nitrogens with zero attached hydrogens (tertiary/aromatic N) is 2. The standard InChI is InChI=1S/C18H36N4O4/c1-3-5-15-25-17(23)21-11-7-19-9-13-22(14-10-20-8-12-21)18(24)26-16-6-4-2/h19-20H,3-16H2,1-2H3. The van der Waals surface area contributed by atoms with Crippen LogP contribution in [0.15, 0.2) is 0 Å². The first-order valence-corrected chi connectivity index (χ1v) is 9.93. The minimum atomic E-state index is -0.250. The van der Waals surface area contributed by atoms with Crippen LogP contribution in [0.4, 0.5) is 9.59 Å². The van der Waals surface area contributed by atoms with Crippen LogP contribution in [-0.2, 0) is 9.47 Å². The monoisotopic (exact) mass is 372 g/mol. The smallest absolute Gasteiger partial charge is 0.409 e. The summed E-state index contributed by atoms with van der Waals surface area (Å²) in [6.07, 6.45) is 3.29. The van der Waals surface area contributed by atoms with Crippen molar-refractivity contribution in [3.8, 4) is 0 Å². The molecule has 2 amide bonds. The number of amides is 2. The minimum Gasteiger partial charge on any atom is -0.449 e. The van der Waals surface area contributed by atoms with Crippen molar-refractivity contribution < 1.29 is 19.1 Å². The molecule has 0 aromatic carbocycles. The number of hydrogen-bond acceptors (Lipinski definition) is 6. The Morgan fingerprint density at radius 3 is 1.38 bits per heavy atom. The van der Waals surface area contributed by atoms with Crippen LogP contribution in [0.1, 0.15) is 39.5 Å². The Bertz CT molecular complexity index is 347. The van der Waals surface area contributed by atoms with Crippen molar-refractivity contribution in [2.45, 2.75) is 39.5 Å². The predicted molar refractivity (Wildman–Crippen MR) is 101 cm³/mol. The molecule has 0 saturated carbocycles. The molecule has 152 valence electrons. The first-order valence-electron chi connectivity index (χ1n) is 9.93. The van der Waals surface area contributed by atoms with Gasteiger partial charge in [0.1, 0.15) is 0 Å². The van der Waals surface area contributed by atoms with Crippen LogP contribution >= 0.6 is 0 Å². The van der Waals surface area contributed by atoms with Crippen molar-refractivity contribution in [3.05, 3.63) is 0 Å². The topological polar surface area (TPSA) is 83.1 Å². The van der Waals surface area contributed by atoms with Crippen LogP contribution < -0.4 is 10.6 Å². The van der Waals surface area contributed by atoms with Crippen LogP contribution in [0.2, 0.25) is 0 Å². The molecule has 1 aliphatic heterocycles. The van der Waals surface area contributed by atoms with E-state index in [-0.39, 0.29) is 12.2 Å². The van der Waals surface area contributed by atoms with Crippen LogP contribution in [0.25, 0.3) is 0 Å². The van der Waals surface area contributed by atoms with Crippen LogP contribution in [0, 0.1) is 0 Å². The molecular formula is C18H36N4O4. The molecule has 8 nitrogen and oxygen atoms in total. The number of hydrogen-bond donors (Lipinski definition) is 2. The lowest BCUT2D eigenvalue weighted by Gasteiger charge is -2.26. The Morgan fingerprint density at radius 1 is 0.731 bits per heavy atom. The summed E-state index contributed by atoms with van der Waals surface area (Å²) in [5, 5.41) is 6.58. The maximum Gasteiger partial charge on any atom is 0.409 e. The van der Waals surface area contributed by atoms with Gasteiger partial charge in [-0.15, -0.1) is 0 Å². The number of carbonyl (C=O) groups is 2. The molecule has 0 aromatic rings. The number of carbonyl (C=O) groups excluding carboxylic acids is 2. The van der Waals surface area contributed by atoms with Gasteiger partial charge in [-0.05, 0) is 12.8 Å². The van der Waals surface area contributed by atoms with Crippen molar-refractivity contribution in [3.63, 3.8) is 0 Å². The molecule has 0 bridgehead atoms. The molecular weight excluding hydrogens is 336 g/mol. The highest BCUT2D eigenvalue weighted by Crippen LogP contribution is 1.99. The molecule has 0 aliphatic carbocycles. The molecule has 8 heteroatoms. The third-order valence-electron chi connectivity index (χ3n) is 4.20. The Kier molecular flexibility index (Phi) is 12.6. The van der Waals surface area contributed by atoms with E-state index in [1.165, 1.54) is 0 Å². The van der Waals surface area contributed by atoms with E-state index in [4.69, 9.17) is 9.47 Å². The third kappa shape index (κ3) is 9.82. The number of unbranched alkanes of at least 4 members (excludes halogenated alkanes) is 2. The lowest BCUT2D eigenvalue weighted by Crippen LogP contribution is -2.46. The van der Waals surface area contributed by atoms with E-state index in [1.54, 1.807) is 9.80 Å². The van der Waals surface area contributed by atoms with Gasteiger partial charge in [0.2, 0.25) is 0 Å². The zero-order valence-corrected chi connectivity index (χ0v) is 16.4. The van der Waals surface area contributed by atoms with Crippen molar-refractivity contribution >= 4 is 12.2 Å². The number of nitrogens with one attached hydrogen (secondary N) is 2. The summed E-state index contributed by atoms with van der Waals surface area (Å²) in [6, 6.07) is 0. The average Bonchev–Trinajstić information content (AvgIpc) is 2.62. The Morgan fingerprint density at radius 2 is 1.08 bits per heavy atom. The molecule has 1 fully saturated rings. The lowest BCUT2D eigenvalue weighted by atomic mass is 10.4. The first-order chi connectivity index (χ1) is 12.7. The zero-order chi connectivity index (χ0) is 19.0. The molecule has 0 atom stereocenters. The summed E-state index contributed by atoms with van der Waals surface area (Å²) >= 11 is 0. The van der Waals surface area contributed by atoms with Gasteiger partial charge in [0.25, 0.3) is 0 Å². The average molecular weight is 373 g/mol. The minimum absolute atomic E-state index is 0.250. The second-order valence-electron chi connectivity index (χ2n) is 6.41. The Balaban J connectivity index is 2.39. The molecule has 0 radical (unpaired) electrons. The van der Waals surface area contributed by atoms with E-state index in [0.717, 1.165) is 25.7 Å². The van der Waals surface area contributed by atoms with Crippen LogP contribution in [0.3, 0.4) is 0 Å². The van der Waals surface area contributed by atoms with Gasteiger partial charge < -0.3 is 29.9 Å². The highest BCUT2D eigenvalue weighted by molar-refractivity contribution is 5.68. The van der Waals surface area contributed by atoms with Gasteiger partial charge >= 0.3 is 12.2 Å². The van der Waals surface area contributed by atoms with Gasteiger partial charge in [-0.2, -0.15) is 0 Å². The summed E-state index contributed by atoms with van der Waals surface area (Å²) in [6.45, 7) is 10.1. The molecule has 0 aromatic heterocycles. The predicted octanol–water partition coefficient (Wildman–Crippen LogP) is 1.66. The lowest BCUT2D eigenvalue weighted by molar-refractivity contribution is 0.0972. The molecule has 1 saturated heterocycles. The largest absolute Gasteiger partial charge is 0.449 e. The summed E-state index contributed by atoms with van der Waals surface area (Å²) in [5.41, 5.74) is 0. The van der Waals surface area contributed by atoms with Gasteiger partial charge in [-0.3, -0.25) is 0 Å². The maximum atomic E-state index is 12.1. The second kappa shape index (κ2) is 14.6. The normalized spacial score (nSPS) is 17.2. The van der Waals surface area contributed by atoms with Crippen LogP contribution in [0.5, 0.6) is 0 Å². The molecule has 1 heterocycles. The fourth-order valence-electron chi connectivity index (χ4n) is 2.49. The fourth-order valence-corrected chi connectivity index (χ4v) is 2.49. The van der Waals surface area contributed by atoms with Gasteiger partial charge in [-0.25, -0.2) is 9.59 Å². The van der Waals surface area contributed by atoms with Crippen molar-refractivity contribution in [1.82, 2.24) is 20.4 Å². The summed E-state index contributed by atoms with van der Waals surface area (Å²) in [5.74, 6) is 0. The first kappa shape index (κ1) is 22.5. The quantitative estimate of drug-likeness (QED) is 0.690. The highest BCUT2D eigenvalue weighted by Gasteiger charge is 2.17. The van der Waals surface area contributed by atoms with E-state index in [1.807, 2.05) is 0 Å². The fraction of sp³-hybridized carbons (Fsp3) is 0.889. The van der Waals surface area contributed by atoms with Crippen molar-refractivity contribution in [2.75, 3.05) is 65.6 Å². The van der Waals surface area contributed by atoms with E-state index in [9.17, 15) is 9.59 Å². The molecule has 0 unspecified atom stereocenters. The van der Waals surface area contributed by atoms with Gasteiger partial charge in [0, 0.05) is 52.4 Å². The van der Waals surface area contributed by atoms with E-state index >= 15 is 0 Å². The zero-order valence-electron chi connectivity index (χ0n) is 16.4. The van der Waals surface area contributed by atoms with E-state index in [2.05, 4.69) is 24.5 Å². The highest BCUT2D eigenvalue weighted by atomic mass is 16.6. The molecule has 0 spiro atoms. The van der Waals surface area contributed by atoms with E-state index in [0.29, 0.717) is 65.6 Å². The van der Waals surface area contributed by atoms with Gasteiger partial charge in [0.05, 0.1) is 13.2 Å². The molecule has 1 rings (SSSR count). The summed E-state index contributed by atoms with van der Waals surface area (Å²) < 4.78 is 10.6. The third-order valence-corrected chi connectivity index (χ3v) is 4.20. The van der Waals surface area contributed by atoms with Crippen molar-refractivity contribution in [1.29, 1.82) is 0 Å². The Hall–Kier alpha value is -1.54. The van der Waals surface area contributed by atoms with E-state index < -0.39 is 0 Å². The Labute approximate surface area is 157 Å². The molecule has 1 aliphatic rings. The molecule has 2 N–H and O–H groups in total. The summed E-state index contributed by atoms with van der Waals surface area (Å²) in [7, 11) is 0. The SMILES string of the molecule is CCCCOC(=O)N1CCNCCN(C(=O)OCCCC)CCNCC1. The van der Waals surface area contributed by atoms with Gasteiger partial charge in [-0.1, -0.05) is 26.7 Å². The second-order valence-corrected chi connectivity index (χ2v) is 6.41. The van der Waals surface area contributed by atoms with Crippen molar-refractivity contribution in [2.24, 2.45) is 0 Å². The maximum absolute atomic E-state index is 12.1.